The first-order valence-electron chi connectivity index (χ1n) is 13.2. The molecule has 1 atom stereocenters. The van der Waals surface area contributed by atoms with E-state index in [2.05, 4.69) is 10.4 Å². The molecule has 0 bridgehead atoms. The molecule has 228 valence electrons. The molecule has 1 aromatic carbocycles. The fraction of sp³-hybridized carbons (Fsp3) is 0.481. The van der Waals surface area contributed by atoms with E-state index in [0.717, 1.165) is 16.8 Å². The standard InChI is InChI=1S/C27H34FN5O9/c1-5-40-26(39)32-11-9-31(10-12-32)25(38)20(15-23(36)42-27(2,3)4)29-24(37)19-14-21(41-16-22(34)35)33(30-19)18-8-6-7-17(28)13-18/h6-8,13-14,20H,5,9-12,15-16H2,1-4H3,(H,29,37)(H,34,35). The zero-order valence-corrected chi connectivity index (χ0v) is 23.8. The van der Waals surface area contributed by atoms with E-state index in [4.69, 9.17) is 19.3 Å². The molecule has 0 spiro atoms. The number of aromatic nitrogens is 2. The number of carbonyl (C=O) groups excluding carboxylic acids is 4. The Morgan fingerprint density at radius 1 is 1.07 bits per heavy atom. The average molecular weight is 592 g/mol. The second-order valence-electron chi connectivity index (χ2n) is 10.3. The summed E-state index contributed by atoms with van der Waals surface area (Å²) in [5, 5.41) is 15.7. The summed E-state index contributed by atoms with van der Waals surface area (Å²) in [5.74, 6) is -4.26. The topological polar surface area (TPSA) is 170 Å². The predicted molar refractivity (Wildman–Crippen MR) is 144 cm³/mol. The third-order valence-electron chi connectivity index (χ3n) is 5.82. The summed E-state index contributed by atoms with van der Waals surface area (Å²) < 4.78 is 30.5. The van der Waals surface area contributed by atoms with Crippen LogP contribution < -0.4 is 10.1 Å². The lowest BCUT2D eigenvalue weighted by Gasteiger charge is -2.35. The summed E-state index contributed by atoms with van der Waals surface area (Å²) in [6, 6.07) is 4.94. The molecule has 2 N–H and O–H groups in total. The molecule has 3 rings (SSSR count). The van der Waals surface area contributed by atoms with Crippen molar-refractivity contribution >= 4 is 29.8 Å². The van der Waals surface area contributed by atoms with E-state index in [1.54, 1.807) is 27.7 Å². The second kappa shape index (κ2) is 13.8. The first-order valence-corrected chi connectivity index (χ1v) is 13.2. The van der Waals surface area contributed by atoms with Crippen LogP contribution in [0.5, 0.6) is 5.88 Å². The molecule has 3 amide bonds. The quantitative estimate of drug-likeness (QED) is 0.387. The first kappa shape index (κ1) is 31.8. The fourth-order valence-corrected chi connectivity index (χ4v) is 4.03. The lowest BCUT2D eigenvalue weighted by Crippen LogP contribution is -2.56. The minimum Gasteiger partial charge on any atom is -0.479 e. The maximum Gasteiger partial charge on any atom is 0.409 e. The number of esters is 1. The van der Waals surface area contributed by atoms with E-state index in [-0.39, 0.29) is 50.0 Å². The lowest BCUT2D eigenvalue weighted by molar-refractivity contribution is -0.157. The number of carboxylic acids is 1. The van der Waals surface area contributed by atoms with Gasteiger partial charge in [-0.3, -0.25) is 14.4 Å². The smallest absolute Gasteiger partial charge is 0.409 e. The highest BCUT2D eigenvalue weighted by atomic mass is 19.1. The number of halogens is 1. The van der Waals surface area contributed by atoms with Gasteiger partial charge in [-0.2, -0.15) is 5.10 Å². The van der Waals surface area contributed by atoms with Gasteiger partial charge in [-0.25, -0.2) is 18.7 Å². The molecule has 14 nitrogen and oxygen atoms in total. The molecule has 15 heteroatoms. The molecule has 0 saturated carbocycles. The highest BCUT2D eigenvalue weighted by molar-refractivity contribution is 5.97. The summed E-state index contributed by atoms with van der Waals surface area (Å²) in [6.07, 6.45) is -0.995. The number of nitrogens with one attached hydrogen (secondary N) is 1. The minimum atomic E-state index is -1.36. The van der Waals surface area contributed by atoms with Gasteiger partial charge >= 0.3 is 18.0 Å². The SMILES string of the molecule is CCOC(=O)N1CCN(C(=O)C(CC(=O)OC(C)(C)C)NC(=O)c2cc(OCC(=O)O)n(-c3cccc(F)c3)n2)CC1. The zero-order chi connectivity index (χ0) is 31.0. The van der Waals surface area contributed by atoms with Crippen molar-refractivity contribution in [2.45, 2.75) is 45.8 Å². The van der Waals surface area contributed by atoms with Crippen LogP contribution in [0, 0.1) is 5.82 Å². The summed E-state index contributed by atoms with van der Waals surface area (Å²) in [4.78, 5) is 65.4. The van der Waals surface area contributed by atoms with Gasteiger partial charge in [0.05, 0.1) is 18.7 Å². The van der Waals surface area contributed by atoms with Crippen LogP contribution in [0.15, 0.2) is 30.3 Å². The second-order valence-corrected chi connectivity index (χ2v) is 10.3. The normalized spacial score (nSPS) is 14.1. The highest BCUT2D eigenvalue weighted by Gasteiger charge is 2.34. The number of rotatable bonds is 10. The molecule has 2 heterocycles. The van der Waals surface area contributed by atoms with Gasteiger partial charge in [-0.05, 0) is 45.9 Å². The molecule has 1 aliphatic heterocycles. The van der Waals surface area contributed by atoms with Crippen LogP contribution in [-0.4, -0.2) is 106 Å². The van der Waals surface area contributed by atoms with Gasteiger partial charge in [0.25, 0.3) is 5.91 Å². The number of amides is 3. The van der Waals surface area contributed by atoms with Crippen LogP contribution in [0.1, 0.15) is 44.6 Å². The number of nitrogens with zero attached hydrogens (tertiary/aromatic N) is 4. The van der Waals surface area contributed by atoms with E-state index in [1.807, 2.05) is 0 Å². The van der Waals surface area contributed by atoms with Crippen molar-refractivity contribution in [1.82, 2.24) is 24.9 Å². The van der Waals surface area contributed by atoms with Crippen molar-refractivity contribution < 1.29 is 47.7 Å². The molecule has 42 heavy (non-hydrogen) atoms. The number of carboxylic acid groups (broad SMARTS) is 1. The third kappa shape index (κ3) is 8.91. The Hall–Kier alpha value is -4.69. The Bertz CT molecular complexity index is 1320. The fourth-order valence-electron chi connectivity index (χ4n) is 4.03. The Labute approximate surface area is 241 Å². The van der Waals surface area contributed by atoms with E-state index >= 15 is 0 Å². The summed E-state index contributed by atoms with van der Waals surface area (Å²) in [6.45, 7) is 6.77. The molecule has 1 aromatic heterocycles. The van der Waals surface area contributed by atoms with Crippen LogP contribution in [-0.2, 0) is 23.9 Å². The minimum absolute atomic E-state index is 0.139. The predicted octanol–water partition coefficient (Wildman–Crippen LogP) is 1.61. The molecule has 0 aliphatic carbocycles. The monoisotopic (exact) mass is 591 g/mol. The van der Waals surface area contributed by atoms with E-state index in [1.165, 1.54) is 28.0 Å². The largest absolute Gasteiger partial charge is 0.479 e. The number of piperazine rings is 1. The van der Waals surface area contributed by atoms with Crippen molar-refractivity contribution in [3.63, 3.8) is 0 Å². The molecular weight excluding hydrogens is 557 g/mol. The van der Waals surface area contributed by atoms with Gasteiger partial charge < -0.3 is 34.4 Å². The summed E-state index contributed by atoms with van der Waals surface area (Å²) in [5.41, 5.74) is -0.982. The van der Waals surface area contributed by atoms with Gasteiger partial charge in [0, 0.05) is 32.2 Å². The molecule has 1 saturated heterocycles. The lowest BCUT2D eigenvalue weighted by atomic mass is 10.1. The van der Waals surface area contributed by atoms with Gasteiger partial charge in [-0.1, -0.05) is 6.07 Å². The van der Waals surface area contributed by atoms with Crippen molar-refractivity contribution in [3.8, 4) is 11.6 Å². The molecule has 1 unspecified atom stereocenters. The van der Waals surface area contributed by atoms with Crippen LogP contribution in [0.4, 0.5) is 9.18 Å². The number of hydrogen-bond acceptors (Lipinski definition) is 9. The van der Waals surface area contributed by atoms with Crippen molar-refractivity contribution in [2.24, 2.45) is 0 Å². The molecule has 1 fully saturated rings. The number of hydrogen-bond donors (Lipinski definition) is 2. The Kier molecular flexibility index (Phi) is 10.4. The average Bonchev–Trinajstić information content (AvgIpc) is 3.35. The zero-order valence-electron chi connectivity index (χ0n) is 23.8. The molecule has 1 aliphatic rings. The molecular formula is C27H34FN5O9. The van der Waals surface area contributed by atoms with Crippen LogP contribution in [0.3, 0.4) is 0 Å². The molecule has 2 aromatic rings. The van der Waals surface area contributed by atoms with E-state index in [0.29, 0.717) is 0 Å². The Morgan fingerprint density at radius 2 is 1.74 bits per heavy atom. The van der Waals surface area contributed by atoms with Crippen molar-refractivity contribution in [3.05, 3.63) is 41.8 Å². The summed E-state index contributed by atoms with van der Waals surface area (Å²) >= 11 is 0. The third-order valence-corrected chi connectivity index (χ3v) is 5.82. The van der Waals surface area contributed by atoms with E-state index in [9.17, 15) is 28.4 Å². The maximum atomic E-state index is 13.9. The number of benzene rings is 1. The Balaban J connectivity index is 1.84. The highest BCUT2D eigenvalue weighted by Crippen LogP contribution is 2.21. The number of carbonyl (C=O) groups is 5. The van der Waals surface area contributed by atoms with Gasteiger partial charge in [-0.15, -0.1) is 0 Å². The van der Waals surface area contributed by atoms with Gasteiger partial charge in [0.2, 0.25) is 11.8 Å². The van der Waals surface area contributed by atoms with E-state index < -0.39 is 60.3 Å². The van der Waals surface area contributed by atoms with Crippen LogP contribution in [0.25, 0.3) is 5.69 Å². The molecule has 0 radical (unpaired) electrons. The Morgan fingerprint density at radius 3 is 2.33 bits per heavy atom. The van der Waals surface area contributed by atoms with Crippen molar-refractivity contribution in [1.29, 1.82) is 0 Å². The van der Waals surface area contributed by atoms with Gasteiger partial charge in [0.15, 0.2) is 12.3 Å². The summed E-state index contributed by atoms with van der Waals surface area (Å²) in [7, 11) is 0. The van der Waals surface area contributed by atoms with Gasteiger partial charge in [0.1, 0.15) is 17.5 Å². The van der Waals surface area contributed by atoms with Crippen LogP contribution in [0.2, 0.25) is 0 Å². The number of aliphatic carboxylic acids is 1. The van der Waals surface area contributed by atoms with Crippen LogP contribution >= 0.6 is 0 Å². The maximum absolute atomic E-state index is 13.9. The van der Waals surface area contributed by atoms with Crippen molar-refractivity contribution in [2.75, 3.05) is 39.4 Å². The number of ether oxygens (including phenoxy) is 3. The first-order chi connectivity index (χ1) is 19.8.